The van der Waals surface area contributed by atoms with Crippen LogP contribution in [-0.4, -0.2) is 131 Å². The molecule has 4 aliphatic rings. The maximum atomic E-state index is 14.1. The zero-order valence-electron chi connectivity index (χ0n) is 37.4. The molecular weight excluding hydrogens is 825 g/mol. The van der Waals surface area contributed by atoms with E-state index in [4.69, 9.17) is 9.47 Å². The lowest BCUT2D eigenvalue weighted by molar-refractivity contribution is -0.141. The maximum Gasteiger partial charge on any atom is 0.272 e. The first kappa shape index (κ1) is 47.9. The first-order valence-electron chi connectivity index (χ1n) is 22.7. The molecule has 2 saturated heterocycles. The molecule has 2 unspecified atom stereocenters. The van der Waals surface area contributed by atoms with E-state index in [-0.39, 0.29) is 79.4 Å². The van der Waals surface area contributed by atoms with Gasteiger partial charge in [-0.1, -0.05) is 52.5 Å². The molecule has 0 radical (unpaired) electrons. The van der Waals surface area contributed by atoms with Gasteiger partial charge < -0.3 is 41.0 Å². The van der Waals surface area contributed by atoms with Gasteiger partial charge in [-0.2, -0.15) is 0 Å². The third-order valence-electron chi connectivity index (χ3n) is 12.7. The van der Waals surface area contributed by atoms with E-state index in [1.165, 1.54) is 24.9 Å². The highest BCUT2D eigenvalue weighted by Gasteiger charge is 2.47. The predicted molar refractivity (Wildman–Crippen MR) is 234 cm³/mol. The smallest absolute Gasteiger partial charge is 0.272 e. The number of fused-ring (bicyclic) bond motifs is 1. The van der Waals surface area contributed by atoms with Crippen LogP contribution in [-0.2, 0) is 28.7 Å². The molecule has 64 heavy (non-hydrogen) atoms. The van der Waals surface area contributed by atoms with E-state index in [0.717, 1.165) is 44.9 Å². The van der Waals surface area contributed by atoms with E-state index < -0.39 is 47.2 Å². The molecule has 4 fully saturated rings. The van der Waals surface area contributed by atoms with Gasteiger partial charge >= 0.3 is 0 Å². The van der Waals surface area contributed by atoms with Crippen molar-refractivity contribution >= 4 is 47.2 Å². The van der Waals surface area contributed by atoms with Gasteiger partial charge in [0.25, 0.3) is 17.7 Å². The second-order valence-electron chi connectivity index (χ2n) is 18.3. The summed E-state index contributed by atoms with van der Waals surface area (Å²) in [6.45, 7) is 10.4. The van der Waals surface area contributed by atoms with Crippen molar-refractivity contribution in [3.63, 3.8) is 0 Å². The molecule has 0 aromatic carbocycles. The summed E-state index contributed by atoms with van der Waals surface area (Å²) in [5, 5.41) is 16.6. The number of carbonyl (C=O) groups is 7. The molecule has 2 aliphatic carbocycles. The van der Waals surface area contributed by atoms with Crippen molar-refractivity contribution in [2.75, 3.05) is 51.4 Å². The summed E-state index contributed by atoms with van der Waals surface area (Å²) in [4.78, 5) is 105. The van der Waals surface area contributed by atoms with Gasteiger partial charge in [-0.15, -0.1) is 0 Å². The monoisotopic (exact) mass is 888 g/mol. The van der Waals surface area contributed by atoms with Crippen LogP contribution in [0, 0.1) is 23.2 Å². The van der Waals surface area contributed by atoms with Gasteiger partial charge in [0, 0.05) is 32.1 Å². The van der Waals surface area contributed by atoms with Crippen molar-refractivity contribution in [2.24, 2.45) is 23.2 Å². The molecule has 6 rings (SSSR count). The van der Waals surface area contributed by atoms with E-state index in [1.54, 1.807) is 12.1 Å². The lowest BCUT2D eigenvalue weighted by atomic mass is 9.82. The van der Waals surface area contributed by atoms with Crippen LogP contribution in [0.1, 0.15) is 123 Å². The van der Waals surface area contributed by atoms with Crippen LogP contribution in [0.5, 0.6) is 0 Å². The second kappa shape index (κ2) is 22.4. The molecule has 0 spiro atoms. The number of amides is 7. The zero-order valence-corrected chi connectivity index (χ0v) is 37.4. The van der Waals surface area contributed by atoms with E-state index in [9.17, 15) is 33.6 Å². The van der Waals surface area contributed by atoms with Gasteiger partial charge in [0.05, 0.1) is 38.8 Å². The average molecular weight is 889 g/mol. The Morgan fingerprint density at radius 1 is 0.812 bits per heavy atom. The van der Waals surface area contributed by atoms with Gasteiger partial charge in [-0.3, -0.25) is 38.9 Å². The van der Waals surface area contributed by atoms with E-state index in [2.05, 4.69) is 53.8 Å². The lowest BCUT2D eigenvalue weighted by Crippen LogP contribution is -2.60. The van der Waals surface area contributed by atoms with Gasteiger partial charge in [0.1, 0.15) is 41.0 Å². The number of pyridine rings is 1. The highest BCUT2D eigenvalue weighted by molar-refractivity contribution is 6.03. The number of carbonyl (C=O) groups excluding carboxylic acids is 7. The summed E-state index contributed by atoms with van der Waals surface area (Å²) in [5.74, 6) is -1.61. The summed E-state index contributed by atoms with van der Waals surface area (Å²) in [6, 6.07) is 2.57. The van der Waals surface area contributed by atoms with Gasteiger partial charge in [0.15, 0.2) is 0 Å². The van der Waals surface area contributed by atoms with Crippen LogP contribution in [0.2, 0.25) is 0 Å². The molecule has 6 N–H and O–H groups in total. The number of aromatic nitrogens is 3. The Hall–Kier alpha value is -5.56. The first-order chi connectivity index (χ1) is 30.7. The van der Waals surface area contributed by atoms with Crippen LogP contribution in [0.15, 0.2) is 30.6 Å². The minimum absolute atomic E-state index is 0.00994. The molecule has 2 aromatic heterocycles. The summed E-state index contributed by atoms with van der Waals surface area (Å²) < 4.78 is 11.1. The largest absolute Gasteiger partial charge is 0.377 e. The predicted octanol–water partition coefficient (Wildman–Crippen LogP) is 2.14. The zero-order chi connectivity index (χ0) is 45.8. The van der Waals surface area contributed by atoms with Crippen molar-refractivity contribution in [1.29, 1.82) is 0 Å². The van der Waals surface area contributed by atoms with E-state index in [0.29, 0.717) is 44.0 Å². The number of anilines is 1. The molecule has 7 amide bonds. The van der Waals surface area contributed by atoms with Crippen molar-refractivity contribution in [3.8, 4) is 0 Å². The first-order valence-corrected chi connectivity index (χ1v) is 22.7. The summed E-state index contributed by atoms with van der Waals surface area (Å²) in [6.07, 6.45) is 10.8. The number of hydrogen-bond acceptors (Lipinski definition) is 13. The fourth-order valence-electron chi connectivity index (χ4n) is 9.18. The Balaban J connectivity index is 0.890. The molecular formula is C45H64N10O9. The summed E-state index contributed by atoms with van der Waals surface area (Å²) >= 11 is 0. The highest BCUT2D eigenvalue weighted by atomic mass is 16.5. The highest BCUT2D eigenvalue weighted by Crippen LogP contribution is 2.42. The van der Waals surface area contributed by atoms with Crippen LogP contribution < -0.4 is 31.9 Å². The number of rotatable bonds is 19. The molecule has 6 atom stereocenters. The number of imide groups is 1. The Morgan fingerprint density at radius 2 is 1.52 bits per heavy atom. The number of nitrogens with zero attached hydrogens (tertiary/aromatic N) is 4. The fourth-order valence-corrected chi connectivity index (χ4v) is 9.18. The number of hydrogen-bond donors (Lipinski definition) is 6. The van der Waals surface area contributed by atoms with Crippen LogP contribution in [0.4, 0.5) is 5.82 Å². The molecule has 19 nitrogen and oxygen atoms in total. The molecule has 0 bridgehead atoms. The second-order valence-corrected chi connectivity index (χ2v) is 18.3. The molecule has 348 valence electrons. The molecule has 4 heterocycles. The van der Waals surface area contributed by atoms with E-state index in [1.807, 2.05) is 25.7 Å². The van der Waals surface area contributed by atoms with Crippen LogP contribution in [0.25, 0.3) is 0 Å². The minimum atomic E-state index is -0.870. The Bertz CT molecular complexity index is 1990. The Kier molecular flexibility index (Phi) is 16.7. The molecule has 2 saturated carbocycles. The van der Waals surface area contributed by atoms with Crippen LogP contribution in [0.3, 0.4) is 0 Å². The number of ether oxygens (including phenoxy) is 2. The maximum absolute atomic E-state index is 14.1. The summed E-state index contributed by atoms with van der Waals surface area (Å²) in [7, 11) is 0. The van der Waals surface area contributed by atoms with Crippen molar-refractivity contribution in [2.45, 2.75) is 116 Å². The Labute approximate surface area is 374 Å². The third-order valence-corrected chi connectivity index (χ3v) is 12.7. The standard InChI is InChI=1S/C45H64N10O9/c1-27-30-13-8-12-29(30)26-55(27)44(62)38(45(2,3)4)54-43(61)37(28-10-6-5-7-11-28)53-42(60)34-25-48-33(24-49-34)39(57)47-19-21-64-23-22-63-20-18-46-35-15-9-14-31(50-35)40(58)51-32-16-17-36(56)52-41(32)59/h9,14-15,24-25,27-30,32,37-38H,5-8,10-13,16-23,26H2,1-4H3,(H,46,50)(H,47,57)(H,51,58)(H,53,60)(H,54,61)(H,52,56,59)/t27-,29+,30-,32?,37?,38-/m1/s1. The topological polar surface area (TPSA) is 252 Å². The van der Waals surface area contributed by atoms with Gasteiger partial charge in [-0.25, -0.2) is 15.0 Å². The molecule has 2 aromatic rings. The van der Waals surface area contributed by atoms with Crippen LogP contribution >= 0.6 is 0 Å². The number of nitrogens with one attached hydrogen (secondary N) is 6. The molecule has 2 aliphatic heterocycles. The minimum Gasteiger partial charge on any atom is -0.377 e. The van der Waals surface area contributed by atoms with Crippen molar-refractivity contribution in [1.82, 2.24) is 46.4 Å². The quantitative estimate of drug-likeness (QED) is 0.0875. The van der Waals surface area contributed by atoms with Crippen molar-refractivity contribution < 1.29 is 43.0 Å². The normalized spacial score (nSPS) is 22.2. The SMILES string of the molecule is C[C@@H]1[C@H]2CCC[C@H]2CN1C(=O)[C@@H](NC(=O)C(NC(=O)c1cnc(C(=O)NCCOCCOCCNc2cccc(C(=O)NC3CCC(=O)NC3=O)n2)cn1)C1CCCCC1)C(C)(C)C. The average Bonchev–Trinajstić information content (AvgIpc) is 3.88. The van der Waals surface area contributed by atoms with Crippen molar-refractivity contribution in [3.05, 3.63) is 47.7 Å². The number of piperidine rings is 1. The molecule has 19 heteroatoms. The van der Waals surface area contributed by atoms with Gasteiger partial charge in [0.2, 0.25) is 23.6 Å². The fraction of sp³-hybridized carbons (Fsp3) is 0.644. The summed E-state index contributed by atoms with van der Waals surface area (Å²) in [5.41, 5.74) is -0.465. The Morgan fingerprint density at radius 3 is 2.19 bits per heavy atom. The third kappa shape index (κ3) is 12.8. The van der Waals surface area contributed by atoms with E-state index >= 15 is 0 Å². The van der Waals surface area contributed by atoms with Gasteiger partial charge in [-0.05, 0) is 74.3 Å². The number of likely N-dealkylation sites (tertiary alicyclic amines) is 1. The lowest BCUT2D eigenvalue weighted by Gasteiger charge is -2.37.